The van der Waals surface area contributed by atoms with Crippen LogP contribution in [0, 0.1) is 0 Å². The molecule has 0 unspecified atom stereocenters. The molecule has 1 aromatic heterocycles. The molecule has 0 aliphatic carbocycles. The molecule has 24 heavy (non-hydrogen) atoms. The van der Waals surface area contributed by atoms with Crippen LogP contribution in [-0.2, 0) is 15.0 Å². The molecule has 130 valence electrons. The Balaban J connectivity index is 2.31. The van der Waals surface area contributed by atoms with E-state index in [9.17, 15) is 13.0 Å². The van der Waals surface area contributed by atoms with Gasteiger partial charge in [-0.25, -0.2) is 4.89 Å². The summed E-state index contributed by atoms with van der Waals surface area (Å²) in [6.07, 6.45) is 0. The SMILES string of the molecule is CNc1nc(NCCOO)nc(Nc2ccccc2S(=O)(=O)O)n1. The van der Waals surface area contributed by atoms with Crippen molar-refractivity contribution in [3.05, 3.63) is 24.3 Å². The lowest BCUT2D eigenvalue weighted by molar-refractivity contribution is -0.238. The number of rotatable bonds is 8. The van der Waals surface area contributed by atoms with Crippen molar-refractivity contribution in [2.45, 2.75) is 4.90 Å². The fourth-order valence-electron chi connectivity index (χ4n) is 1.75. The van der Waals surface area contributed by atoms with Gasteiger partial charge >= 0.3 is 0 Å². The fraction of sp³-hybridized carbons (Fsp3) is 0.250. The van der Waals surface area contributed by atoms with Crippen LogP contribution in [0.4, 0.5) is 23.5 Å². The molecule has 0 fully saturated rings. The Labute approximate surface area is 137 Å². The first kappa shape index (κ1) is 17.8. The molecule has 5 N–H and O–H groups in total. The van der Waals surface area contributed by atoms with Crippen molar-refractivity contribution in [1.29, 1.82) is 0 Å². The summed E-state index contributed by atoms with van der Waals surface area (Å²) in [6, 6.07) is 5.77. The Morgan fingerprint density at radius 1 is 1.12 bits per heavy atom. The molecular weight excluding hydrogens is 340 g/mol. The third kappa shape index (κ3) is 4.73. The maximum absolute atomic E-state index is 11.4. The number of aromatic nitrogens is 3. The van der Waals surface area contributed by atoms with Crippen molar-refractivity contribution in [3.63, 3.8) is 0 Å². The standard InChI is InChI=1S/C12H16N6O5S/c1-13-10-16-11(14-6-7-23-19)18-12(17-10)15-8-4-2-3-5-9(8)24(20,21)22/h2-5,19H,6-7H2,1H3,(H,20,21,22)(H3,13,14,15,16,17,18). The van der Waals surface area contributed by atoms with E-state index in [0.717, 1.165) is 0 Å². The molecule has 0 amide bonds. The molecule has 0 radical (unpaired) electrons. The van der Waals surface area contributed by atoms with Crippen molar-refractivity contribution in [2.24, 2.45) is 0 Å². The summed E-state index contributed by atoms with van der Waals surface area (Å²) in [4.78, 5) is 15.8. The maximum atomic E-state index is 11.4. The van der Waals surface area contributed by atoms with E-state index in [4.69, 9.17) is 5.26 Å². The van der Waals surface area contributed by atoms with Crippen molar-refractivity contribution in [2.75, 3.05) is 36.1 Å². The lowest BCUT2D eigenvalue weighted by Gasteiger charge is -2.11. The van der Waals surface area contributed by atoms with Crippen LogP contribution in [0.2, 0.25) is 0 Å². The monoisotopic (exact) mass is 356 g/mol. The maximum Gasteiger partial charge on any atom is 0.296 e. The minimum Gasteiger partial charge on any atom is -0.357 e. The number of nitrogens with zero attached hydrogens (tertiary/aromatic N) is 3. The van der Waals surface area contributed by atoms with Gasteiger partial charge in [-0.3, -0.25) is 9.81 Å². The normalized spacial score (nSPS) is 11.1. The lowest BCUT2D eigenvalue weighted by atomic mass is 10.3. The summed E-state index contributed by atoms with van der Waals surface area (Å²) in [6.45, 7) is 0.264. The Kier molecular flexibility index (Phi) is 5.81. The average molecular weight is 356 g/mol. The van der Waals surface area contributed by atoms with E-state index in [1.807, 2.05) is 0 Å². The second-order valence-corrected chi connectivity index (χ2v) is 5.80. The second-order valence-electron chi connectivity index (χ2n) is 4.41. The first-order chi connectivity index (χ1) is 11.4. The number of para-hydroxylation sites is 1. The van der Waals surface area contributed by atoms with Gasteiger partial charge in [0.25, 0.3) is 10.1 Å². The third-order valence-electron chi connectivity index (χ3n) is 2.75. The highest BCUT2D eigenvalue weighted by Gasteiger charge is 2.16. The molecule has 0 saturated heterocycles. The summed E-state index contributed by atoms with van der Waals surface area (Å²) in [7, 11) is -2.80. The van der Waals surface area contributed by atoms with Crippen LogP contribution in [0.25, 0.3) is 0 Å². The highest BCUT2D eigenvalue weighted by atomic mass is 32.2. The molecule has 0 bridgehead atoms. The Morgan fingerprint density at radius 3 is 2.46 bits per heavy atom. The van der Waals surface area contributed by atoms with Crippen LogP contribution in [-0.4, -0.2) is 53.4 Å². The Morgan fingerprint density at radius 2 is 1.79 bits per heavy atom. The molecule has 11 nitrogen and oxygen atoms in total. The molecule has 0 aliphatic heterocycles. The fourth-order valence-corrected chi connectivity index (χ4v) is 2.39. The number of anilines is 4. The van der Waals surface area contributed by atoms with Crippen LogP contribution < -0.4 is 16.0 Å². The van der Waals surface area contributed by atoms with Crippen molar-refractivity contribution in [3.8, 4) is 0 Å². The van der Waals surface area contributed by atoms with Crippen molar-refractivity contribution < 1.29 is 23.1 Å². The minimum absolute atomic E-state index is 0.0227. The van der Waals surface area contributed by atoms with Gasteiger partial charge in [0.1, 0.15) is 4.90 Å². The van der Waals surface area contributed by atoms with Crippen LogP contribution >= 0.6 is 0 Å². The summed E-state index contributed by atoms with van der Waals surface area (Å²) < 4.78 is 32.1. The van der Waals surface area contributed by atoms with E-state index in [2.05, 4.69) is 35.8 Å². The van der Waals surface area contributed by atoms with Crippen molar-refractivity contribution >= 4 is 33.7 Å². The van der Waals surface area contributed by atoms with Crippen LogP contribution in [0.5, 0.6) is 0 Å². The minimum atomic E-state index is -4.41. The second kappa shape index (κ2) is 7.83. The van der Waals surface area contributed by atoms with E-state index in [-0.39, 0.29) is 41.6 Å². The van der Waals surface area contributed by atoms with Gasteiger partial charge in [-0.15, -0.1) is 0 Å². The average Bonchev–Trinajstić information content (AvgIpc) is 2.54. The number of nitrogens with one attached hydrogen (secondary N) is 3. The number of hydrogen-bond acceptors (Lipinski definition) is 10. The number of hydrogen-bond donors (Lipinski definition) is 5. The summed E-state index contributed by atoms with van der Waals surface area (Å²) in [5.41, 5.74) is 0.109. The molecular formula is C12H16N6O5S. The zero-order chi connectivity index (χ0) is 17.6. The topological polar surface area (TPSA) is 159 Å². The van der Waals surface area contributed by atoms with E-state index >= 15 is 0 Å². The smallest absolute Gasteiger partial charge is 0.296 e. The van der Waals surface area contributed by atoms with Gasteiger partial charge < -0.3 is 16.0 Å². The van der Waals surface area contributed by atoms with Gasteiger partial charge in [-0.1, -0.05) is 12.1 Å². The predicted octanol–water partition coefficient (Wildman–Crippen LogP) is 0.805. The van der Waals surface area contributed by atoms with E-state index < -0.39 is 10.1 Å². The molecule has 0 atom stereocenters. The van der Waals surface area contributed by atoms with E-state index in [1.165, 1.54) is 18.2 Å². The summed E-state index contributed by atoms with van der Waals surface area (Å²) in [5.74, 6) is 0.459. The van der Waals surface area contributed by atoms with Gasteiger partial charge in [0.2, 0.25) is 17.8 Å². The van der Waals surface area contributed by atoms with Gasteiger partial charge in [0, 0.05) is 13.6 Å². The molecule has 2 rings (SSSR count). The Bertz CT molecular complexity index is 800. The summed E-state index contributed by atoms with van der Waals surface area (Å²) in [5, 5.41) is 16.6. The molecule has 1 aromatic carbocycles. The zero-order valence-electron chi connectivity index (χ0n) is 12.6. The first-order valence-electron chi connectivity index (χ1n) is 6.71. The molecule has 2 aromatic rings. The lowest BCUT2D eigenvalue weighted by Crippen LogP contribution is -2.13. The molecule has 1 heterocycles. The highest BCUT2D eigenvalue weighted by molar-refractivity contribution is 7.86. The molecule has 12 heteroatoms. The molecule has 0 aliphatic rings. The zero-order valence-corrected chi connectivity index (χ0v) is 13.4. The molecule has 0 spiro atoms. The van der Waals surface area contributed by atoms with Crippen LogP contribution in [0.3, 0.4) is 0 Å². The van der Waals surface area contributed by atoms with Gasteiger partial charge in [0.15, 0.2) is 0 Å². The van der Waals surface area contributed by atoms with E-state index in [1.54, 1.807) is 13.1 Å². The summed E-state index contributed by atoms with van der Waals surface area (Å²) >= 11 is 0. The van der Waals surface area contributed by atoms with Crippen molar-refractivity contribution in [1.82, 2.24) is 15.0 Å². The largest absolute Gasteiger partial charge is 0.357 e. The highest BCUT2D eigenvalue weighted by Crippen LogP contribution is 2.23. The van der Waals surface area contributed by atoms with Crippen LogP contribution in [0.1, 0.15) is 0 Å². The predicted molar refractivity (Wildman–Crippen MR) is 86.0 cm³/mol. The Hall–Kier alpha value is -2.54. The van der Waals surface area contributed by atoms with Crippen LogP contribution in [0.15, 0.2) is 29.2 Å². The number of benzene rings is 1. The van der Waals surface area contributed by atoms with Gasteiger partial charge in [-0.2, -0.15) is 23.4 Å². The molecule has 0 saturated carbocycles. The quantitative estimate of drug-likeness (QED) is 0.197. The third-order valence-corrected chi connectivity index (χ3v) is 3.66. The first-order valence-corrected chi connectivity index (χ1v) is 8.15. The van der Waals surface area contributed by atoms with Gasteiger partial charge in [-0.05, 0) is 12.1 Å². The van der Waals surface area contributed by atoms with E-state index in [0.29, 0.717) is 0 Å². The van der Waals surface area contributed by atoms with Gasteiger partial charge in [0.05, 0.1) is 12.3 Å².